The van der Waals surface area contributed by atoms with Crippen LogP contribution in [0.3, 0.4) is 0 Å². The number of likely N-dealkylation sites (tertiary alicyclic amines) is 1. The molecule has 0 saturated carbocycles. The first-order valence-electron chi connectivity index (χ1n) is 7.10. The molecule has 1 aliphatic heterocycles. The molecular weight excluding hydrogens is 318 g/mol. The monoisotopic (exact) mass is 339 g/mol. The van der Waals surface area contributed by atoms with Gasteiger partial charge in [-0.1, -0.05) is 34.5 Å². The van der Waals surface area contributed by atoms with E-state index in [1.54, 1.807) is 7.05 Å². The Kier molecular flexibility index (Phi) is 5.57. The van der Waals surface area contributed by atoms with Crippen molar-refractivity contribution in [1.29, 1.82) is 0 Å². The maximum Gasteiger partial charge on any atom is 0.237 e. The minimum Gasteiger partial charge on any atom is -0.358 e. The van der Waals surface area contributed by atoms with Crippen molar-refractivity contribution in [3.8, 4) is 0 Å². The summed E-state index contributed by atoms with van der Waals surface area (Å²) >= 11 is 3.50. The molecule has 0 aliphatic carbocycles. The third kappa shape index (κ3) is 3.40. The van der Waals surface area contributed by atoms with Crippen LogP contribution in [0, 0.1) is 0 Å². The molecular formula is C15H22BrN3O. The average Bonchev–Trinajstić information content (AvgIpc) is 2.48. The van der Waals surface area contributed by atoms with E-state index < -0.39 is 0 Å². The maximum atomic E-state index is 12.1. The van der Waals surface area contributed by atoms with Gasteiger partial charge < -0.3 is 11.1 Å². The number of nitrogens with one attached hydrogen (secondary N) is 1. The number of halogens is 1. The molecule has 1 heterocycles. The Morgan fingerprint density at radius 1 is 1.55 bits per heavy atom. The lowest BCUT2D eigenvalue weighted by Gasteiger charge is -2.40. The molecule has 2 unspecified atom stereocenters. The van der Waals surface area contributed by atoms with Crippen molar-refractivity contribution in [3.63, 3.8) is 0 Å². The van der Waals surface area contributed by atoms with E-state index in [0.717, 1.165) is 35.8 Å². The summed E-state index contributed by atoms with van der Waals surface area (Å²) in [5, 5.41) is 2.78. The molecule has 1 aliphatic rings. The van der Waals surface area contributed by atoms with Gasteiger partial charge in [-0.05, 0) is 37.1 Å². The molecule has 1 fully saturated rings. The van der Waals surface area contributed by atoms with Crippen LogP contribution in [0.4, 0.5) is 0 Å². The van der Waals surface area contributed by atoms with Crippen molar-refractivity contribution in [1.82, 2.24) is 10.2 Å². The second-order valence-corrected chi connectivity index (χ2v) is 6.09. The number of carbonyl (C=O) groups is 1. The highest BCUT2D eigenvalue weighted by atomic mass is 79.9. The lowest BCUT2D eigenvalue weighted by atomic mass is 9.95. The van der Waals surface area contributed by atoms with Crippen LogP contribution in [-0.2, 0) is 4.79 Å². The second-order valence-electron chi connectivity index (χ2n) is 5.17. The number of hydrogen-bond donors (Lipinski definition) is 2. The minimum absolute atomic E-state index is 0.0683. The van der Waals surface area contributed by atoms with E-state index in [1.807, 2.05) is 12.1 Å². The van der Waals surface area contributed by atoms with Crippen LogP contribution in [0.2, 0.25) is 0 Å². The van der Waals surface area contributed by atoms with Crippen LogP contribution >= 0.6 is 15.9 Å². The number of nitrogens with two attached hydrogens (primary N) is 1. The van der Waals surface area contributed by atoms with Crippen molar-refractivity contribution in [3.05, 3.63) is 34.3 Å². The van der Waals surface area contributed by atoms with Gasteiger partial charge >= 0.3 is 0 Å². The number of nitrogens with zero attached hydrogens (tertiary/aromatic N) is 1. The second kappa shape index (κ2) is 7.20. The van der Waals surface area contributed by atoms with E-state index in [0.29, 0.717) is 6.54 Å². The summed E-state index contributed by atoms with van der Waals surface area (Å²) in [5.41, 5.74) is 7.17. The van der Waals surface area contributed by atoms with Crippen molar-refractivity contribution >= 4 is 21.8 Å². The SMILES string of the molecule is CNC(=O)C1CCCCN1C(CN)c1cccc(Br)c1. The fourth-order valence-electron chi connectivity index (χ4n) is 2.95. The summed E-state index contributed by atoms with van der Waals surface area (Å²) in [6.45, 7) is 1.44. The van der Waals surface area contributed by atoms with Gasteiger partial charge in [0.05, 0.1) is 6.04 Å². The fourth-order valence-corrected chi connectivity index (χ4v) is 3.37. The van der Waals surface area contributed by atoms with E-state index in [-0.39, 0.29) is 18.0 Å². The molecule has 0 bridgehead atoms. The van der Waals surface area contributed by atoms with Gasteiger partial charge in [0.25, 0.3) is 0 Å². The van der Waals surface area contributed by atoms with Gasteiger partial charge in [0.15, 0.2) is 0 Å². The number of benzene rings is 1. The molecule has 5 heteroatoms. The Balaban J connectivity index is 2.26. The van der Waals surface area contributed by atoms with Crippen LogP contribution in [0.5, 0.6) is 0 Å². The van der Waals surface area contributed by atoms with Gasteiger partial charge in [0.2, 0.25) is 5.91 Å². The number of carbonyl (C=O) groups excluding carboxylic acids is 1. The highest BCUT2D eigenvalue weighted by Gasteiger charge is 2.33. The Morgan fingerprint density at radius 3 is 3.00 bits per heavy atom. The van der Waals surface area contributed by atoms with Crippen LogP contribution in [0.1, 0.15) is 30.9 Å². The summed E-state index contributed by atoms with van der Waals surface area (Å²) < 4.78 is 1.04. The Morgan fingerprint density at radius 2 is 2.35 bits per heavy atom. The molecule has 2 rings (SSSR count). The molecule has 0 radical (unpaired) electrons. The number of hydrogen-bond acceptors (Lipinski definition) is 3. The number of rotatable bonds is 4. The number of piperidine rings is 1. The Bertz CT molecular complexity index is 466. The topological polar surface area (TPSA) is 58.4 Å². The summed E-state index contributed by atoms with van der Waals surface area (Å²) in [6, 6.07) is 8.21. The van der Waals surface area contributed by atoms with Crippen molar-refractivity contribution in [2.24, 2.45) is 5.73 Å². The smallest absolute Gasteiger partial charge is 0.237 e. The van der Waals surface area contributed by atoms with Crippen LogP contribution < -0.4 is 11.1 Å². The number of amides is 1. The standard InChI is InChI=1S/C15H22BrN3O/c1-18-15(20)13-7-2-3-8-19(13)14(10-17)11-5-4-6-12(16)9-11/h4-6,9,13-14H,2-3,7-8,10,17H2,1H3,(H,18,20). The van der Waals surface area contributed by atoms with Crippen molar-refractivity contribution in [2.45, 2.75) is 31.3 Å². The van der Waals surface area contributed by atoms with Gasteiger partial charge in [0.1, 0.15) is 0 Å². The molecule has 0 aromatic heterocycles. The summed E-state index contributed by atoms with van der Waals surface area (Å²) in [6.07, 6.45) is 3.13. The van der Waals surface area contributed by atoms with Gasteiger partial charge in [-0.15, -0.1) is 0 Å². The van der Waals surface area contributed by atoms with Gasteiger partial charge in [-0.3, -0.25) is 9.69 Å². The molecule has 3 N–H and O–H groups in total. The zero-order valence-electron chi connectivity index (χ0n) is 11.8. The highest BCUT2D eigenvalue weighted by Crippen LogP contribution is 2.29. The third-order valence-electron chi connectivity index (χ3n) is 3.95. The molecule has 2 atom stereocenters. The van der Waals surface area contributed by atoms with Gasteiger partial charge in [0, 0.05) is 24.1 Å². The largest absolute Gasteiger partial charge is 0.358 e. The average molecular weight is 340 g/mol. The quantitative estimate of drug-likeness (QED) is 0.882. The normalized spacial score (nSPS) is 21.4. The lowest BCUT2D eigenvalue weighted by Crippen LogP contribution is -2.51. The summed E-state index contributed by atoms with van der Waals surface area (Å²) in [4.78, 5) is 14.3. The molecule has 1 saturated heterocycles. The first-order chi connectivity index (χ1) is 9.67. The third-order valence-corrected chi connectivity index (χ3v) is 4.44. The molecule has 20 heavy (non-hydrogen) atoms. The molecule has 1 aromatic rings. The van der Waals surface area contributed by atoms with E-state index in [2.05, 4.69) is 38.3 Å². The maximum absolute atomic E-state index is 12.1. The zero-order valence-corrected chi connectivity index (χ0v) is 13.4. The van der Waals surface area contributed by atoms with E-state index in [1.165, 1.54) is 0 Å². The highest BCUT2D eigenvalue weighted by molar-refractivity contribution is 9.10. The lowest BCUT2D eigenvalue weighted by molar-refractivity contribution is -0.128. The minimum atomic E-state index is -0.0683. The fraction of sp³-hybridized carbons (Fsp3) is 0.533. The Hall–Kier alpha value is -0.910. The first kappa shape index (κ1) is 15.5. The van der Waals surface area contributed by atoms with Crippen molar-refractivity contribution < 1.29 is 4.79 Å². The van der Waals surface area contributed by atoms with Crippen LogP contribution in [0.25, 0.3) is 0 Å². The first-order valence-corrected chi connectivity index (χ1v) is 7.89. The molecule has 1 aromatic carbocycles. The van der Waals surface area contributed by atoms with E-state index >= 15 is 0 Å². The summed E-state index contributed by atoms with van der Waals surface area (Å²) in [5.74, 6) is 0.0955. The van der Waals surface area contributed by atoms with Gasteiger partial charge in [-0.25, -0.2) is 0 Å². The predicted molar refractivity (Wildman–Crippen MR) is 84.3 cm³/mol. The predicted octanol–water partition coefficient (Wildman–Crippen LogP) is 2.05. The molecule has 1 amide bonds. The van der Waals surface area contributed by atoms with Crippen LogP contribution in [-0.4, -0.2) is 37.0 Å². The molecule has 4 nitrogen and oxygen atoms in total. The number of likely N-dealkylation sites (N-methyl/N-ethyl adjacent to an activating group) is 1. The Labute approximate surface area is 128 Å². The van der Waals surface area contributed by atoms with Crippen molar-refractivity contribution in [2.75, 3.05) is 20.1 Å². The van der Waals surface area contributed by atoms with E-state index in [4.69, 9.17) is 5.73 Å². The molecule has 110 valence electrons. The molecule has 0 spiro atoms. The summed E-state index contributed by atoms with van der Waals surface area (Å²) in [7, 11) is 1.70. The van der Waals surface area contributed by atoms with Gasteiger partial charge in [-0.2, -0.15) is 0 Å². The zero-order chi connectivity index (χ0) is 14.5. The van der Waals surface area contributed by atoms with E-state index in [9.17, 15) is 4.79 Å². The van der Waals surface area contributed by atoms with Crippen LogP contribution in [0.15, 0.2) is 28.7 Å².